The minimum Gasteiger partial charge on any atom is -0.309 e. The van der Waals surface area contributed by atoms with Crippen LogP contribution in [0.1, 0.15) is 0 Å². The average molecular weight is 949 g/mol. The molecule has 10 aromatic carbocycles. The summed E-state index contributed by atoms with van der Waals surface area (Å²) in [7, 11) is 0. The number of para-hydroxylation sites is 6. The van der Waals surface area contributed by atoms with E-state index in [9.17, 15) is 0 Å². The maximum Gasteiger partial charge on any atom is 0.240 e. The van der Waals surface area contributed by atoms with Crippen LogP contribution in [0.25, 0.3) is 147 Å². The first-order valence-corrected chi connectivity index (χ1v) is 25.1. The molecule has 8 nitrogen and oxygen atoms in total. The summed E-state index contributed by atoms with van der Waals surface area (Å²) in [5.74, 6) is 1.50. The van der Waals surface area contributed by atoms with Gasteiger partial charge in [-0.05, 0) is 78.2 Å². The van der Waals surface area contributed by atoms with Gasteiger partial charge in [-0.1, -0.05) is 146 Å². The van der Waals surface area contributed by atoms with Gasteiger partial charge in [-0.15, -0.1) is 11.3 Å². The van der Waals surface area contributed by atoms with Crippen molar-refractivity contribution in [2.24, 2.45) is 0 Å². The third-order valence-corrected chi connectivity index (χ3v) is 16.0. The molecule has 9 heteroatoms. The smallest absolute Gasteiger partial charge is 0.240 e. The second kappa shape index (κ2) is 15.1. The van der Waals surface area contributed by atoms with Crippen LogP contribution < -0.4 is 0 Å². The van der Waals surface area contributed by atoms with Crippen molar-refractivity contribution in [2.45, 2.75) is 0 Å². The molecule has 0 bridgehead atoms. The Hall–Kier alpha value is -9.88. The van der Waals surface area contributed by atoms with E-state index in [-0.39, 0.29) is 0 Å². The maximum absolute atomic E-state index is 8.03. The van der Waals surface area contributed by atoms with E-state index in [1.807, 2.05) is 23.5 Å². The van der Waals surface area contributed by atoms with Gasteiger partial charge >= 0.3 is 0 Å². The first-order chi connectivity index (χ1) is 36.2. The number of hydrogen-bond donors (Lipinski definition) is 0. The average Bonchev–Trinajstić information content (AvgIpc) is 4.27. The van der Waals surface area contributed by atoms with E-state index in [0.717, 1.165) is 98.8 Å². The lowest BCUT2D eigenvalue weighted by Crippen LogP contribution is -2.12. The van der Waals surface area contributed by atoms with Crippen molar-refractivity contribution >= 4 is 124 Å². The topological polar surface area (TPSA) is 62.8 Å². The molecule has 0 N–H and O–H groups in total. The third-order valence-electron chi connectivity index (χ3n) is 14.9. The molecule has 0 aliphatic rings. The Morgan fingerprint density at radius 3 is 1.33 bits per heavy atom. The SMILES string of the molecule is [C-]#[N+]c1ccc2c(c1)c1ccccc1n2-c1cccc(-n2c3ccccc3c3ccc4sc5ccccc5c4c32)c1-c1nc(-n2c3ccccc3c3ccccc32)nc(-n2c3ccccc3c3ccccc32)n1. The van der Waals surface area contributed by atoms with Crippen LogP contribution >= 0.6 is 11.3 Å². The van der Waals surface area contributed by atoms with Gasteiger partial charge in [0.25, 0.3) is 0 Å². The summed E-state index contributed by atoms with van der Waals surface area (Å²) in [5.41, 5.74) is 11.4. The molecule has 16 aromatic rings. The Kier molecular flexibility index (Phi) is 8.24. The van der Waals surface area contributed by atoms with E-state index in [0.29, 0.717) is 23.4 Å². The number of hydrogen-bond acceptors (Lipinski definition) is 4. The number of fused-ring (bicyclic) bond motifs is 16. The highest BCUT2D eigenvalue weighted by molar-refractivity contribution is 7.26. The summed E-state index contributed by atoms with van der Waals surface area (Å²) in [6.07, 6.45) is 0. The van der Waals surface area contributed by atoms with Crippen LogP contribution in [0.4, 0.5) is 5.69 Å². The zero-order chi connectivity index (χ0) is 47.9. The number of rotatable bonds is 5. The van der Waals surface area contributed by atoms with Crippen molar-refractivity contribution < 1.29 is 0 Å². The molecule has 0 fully saturated rings. The fourth-order valence-electron chi connectivity index (χ4n) is 11.9. The van der Waals surface area contributed by atoms with Crippen LogP contribution in [0, 0.1) is 6.57 Å². The van der Waals surface area contributed by atoms with Gasteiger partial charge in [-0.25, -0.2) is 4.85 Å². The van der Waals surface area contributed by atoms with Gasteiger partial charge < -0.3 is 9.13 Å². The fraction of sp³-hybridized carbons (Fsp3) is 0. The van der Waals surface area contributed by atoms with Gasteiger partial charge in [-0.2, -0.15) is 15.0 Å². The predicted molar refractivity (Wildman–Crippen MR) is 302 cm³/mol. The van der Waals surface area contributed by atoms with Crippen LogP contribution in [0.3, 0.4) is 0 Å². The summed E-state index contributed by atoms with van der Waals surface area (Å²) in [5, 5.41) is 11.2. The van der Waals surface area contributed by atoms with Crippen LogP contribution in [0.2, 0.25) is 0 Å². The van der Waals surface area contributed by atoms with Crippen molar-refractivity contribution in [2.75, 3.05) is 0 Å². The van der Waals surface area contributed by atoms with Gasteiger partial charge in [0.05, 0.1) is 67.6 Å². The highest BCUT2D eigenvalue weighted by Crippen LogP contribution is 2.47. The van der Waals surface area contributed by atoms with E-state index in [1.54, 1.807) is 0 Å². The van der Waals surface area contributed by atoms with Gasteiger partial charge in [0.1, 0.15) is 0 Å². The molecule has 338 valence electrons. The van der Waals surface area contributed by atoms with Crippen LogP contribution in [-0.2, 0) is 0 Å². The summed E-state index contributed by atoms with van der Waals surface area (Å²) < 4.78 is 11.7. The minimum atomic E-state index is 0.498. The molecule has 0 spiro atoms. The summed E-state index contributed by atoms with van der Waals surface area (Å²) >= 11 is 1.83. The van der Waals surface area contributed by atoms with Crippen molar-refractivity contribution in [3.63, 3.8) is 0 Å². The quantitative estimate of drug-likeness (QED) is 0.162. The maximum atomic E-state index is 8.03. The molecule has 0 radical (unpaired) electrons. The molecule has 73 heavy (non-hydrogen) atoms. The summed E-state index contributed by atoms with van der Waals surface area (Å²) in [4.78, 5) is 21.0. The molecule has 0 atom stereocenters. The van der Waals surface area contributed by atoms with Crippen molar-refractivity contribution in [3.8, 4) is 34.7 Å². The lowest BCUT2D eigenvalue weighted by Gasteiger charge is -2.20. The number of nitrogens with zero attached hydrogens (tertiary/aromatic N) is 8. The largest absolute Gasteiger partial charge is 0.309 e. The minimum absolute atomic E-state index is 0.498. The molecule has 0 saturated heterocycles. The molecule has 0 aliphatic carbocycles. The van der Waals surface area contributed by atoms with Crippen LogP contribution in [-0.4, -0.2) is 33.2 Å². The zero-order valence-electron chi connectivity index (χ0n) is 38.8. The number of benzene rings is 10. The monoisotopic (exact) mass is 948 g/mol. The molecule has 0 aliphatic heterocycles. The normalized spacial score (nSPS) is 12.1. The molecule has 6 aromatic heterocycles. The first-order valence-electron chi connectivity index (χ1n) is 24.3. The van der Waals surface area contributed by atoms with E-state index < -0.39 is 0 Å². The van der Waals surface area contributed by atoms with Crippen LogP contribution in [0.15, 0.2) is 218 Å². The Bertz CT molecular complexity index is 4840. The second-order valence-corrected chi connectivity index (χ2v) is 19.7. The molecule has 0 saturated carbocycles. The summed E-state index contributed by atoms with van der Waals surface area (Å²) in [6.45, 7) is 8.03. The predicted octanol–water partition coefficient (Wildman–Crippen LogP) is 16.8. The Labute approximate surface area is 419 Å². The third kappa shape index (κ3) is 5.55. The molecule has 0 amide bonds. The lowest BCUT2D eigenvalue weighted by molar-refractivity contribution is 0.891. The highest BCUT2D eigenvalue weighted by Gasteiger charge is 2.28. The molecular weight excluding hydrogens is 913 g/mol. The van der Waals surface area contributed by atoms with Gasteiger partial charge in [0.15, 0.2) is 11.5 Å². The number of thiophene rings is 1. The Morgan fingerprint density at radius 2 is 0.781 bits per heavy atom. The van der Waals surface area contributed by atoms with E-state index in [1.165, 1.54) is 25.6 Å². The number of aromatic nitrogens is 7. The Morgan fingerprint density at radius 1 is 0.342 bits per heavy atom. The lowest BCUT2D eigenvalue weighted by atomic mass is 10.1. The Balaban J connectivity index is 1.12. The molecule has 6 heterocycles. The van der Waals surface area contributed by atoms with Gasteiger partial charge in [0.2, 0.25) is 11.9 Å². The standard InChI is InChI=1S/C64H36N8S/c1-65-38-33-35-54-47(37-38)44-22-7-9-24-48(44)69(54)55-30-16-31-56(70-49-25-10-6-21-43(49)45-34-36-58-59(61(45)70)46-23-8-15-32-57(46)73-58)60(55)62-66-63(71-50-26-11-2-17-39(50)40-18-3-12-27-51(40)71)68-64(67-62)72-52-28-13-4-19-41(52)42-20-5-14-29-53(42)72/h2-37H. The molecule has 0 unspecified atom stereocenters. The van der Waals surface area contributed by atoms with Gasteiger partial charge in [0, 0.05) is 57.9 Å². The van der Waals surface area contributed by atoms with Crippen molar-refractivity contribution in [3.05, 3.63) is 230 Å². The first kappa shape index (κ1) is 39.9. The zero-order valence-corrected chi connectivity index (χ0v) is 39.6. The molecule has 16 rings (SSSR count). The van der Waals surface area contributed by atoms with Crippen molar-refractivity contribution in [1.29, 1.82) is 0 Å². The van der Waals surface area contributed by atoms with E-state index >= 15 is 0 Å². The highest BCUT2D eigenvalue weighted by atomic mass is 32.1. The van der Waals surface area contributed by atoms with Crippen LogP contribution in [0.5, 0.6) is 0 Å². The van der Waals surface area contributed by atoms with Crippen molar-refractivity contribution in [1.82, 2.24) is 33.2 Å². The second-order valence-electron chi connectivity index (χ2n) is 18.6. The summed E-state index contributed by atoms with van der Waals surface area (Å²) in [6, 6.07) is 77.2. The fourth-order valence-corrected chi connectivity index (χ4v) is 13.0. The van der Waals surface area contributed by atoms with Gasteiger partial charge in [-0.3, -0.25) is 9.13 Å². The van der Waals surface area contributed by atoms with E-state index in [2.05, 4.69) is 229 Å². The van der Waals surface area contributed by atoms with E-state index in [4.69, 9.17) is 21.5 Å². The molecular formula is C64H36N8S.